The number of hydrogen-bond acceptors (Lipinski definition) is 3. The van der Waals surface area contributed by atoms with Crippen molar-refractivity contribution in [2.75, 3.05) is 32.8 Å². The largest absolute Gasteiger partial charge is 0.371 e. The van der Waals surface area contributed by atoms with Crippen molar-refractivity contribution in [1.29, 1.82) is 0 Å². The SMILES string of the molecule is O=C(NCCCN1CCO[C@@H](c2ccccc2)C1)c1ccccc1Cl. The van der Waals surface area contributed by atoms with E-state index in [9.17, 15) is 4.79 Å². The van der Waals surface area contributed by atoms with E-state index in [1.807, 2.05) is 30.3 Å². The van der Waals surface area contributed by atoms with Gasteiger partial charge in [-0.15, -0.1) is 0 Å². The summed E-state index contributed by atoms with van der Waals surface area (Å²) in [5, 5.41) is 3.43. The molecule has 25 heavy (non-hydrogen) atoms. The van der Waals surface area contributed by atoms with E-state index >= 15 is 0 Å². The zero-order valence-corrected chi connectivity index (χ0v) is 14.9. The van der Waals surface area contributed by atoms with Crippen molar-refractivity contribution in [3.05, 3.63) is 70.7 Å². The maximum absolute atomic E-state index is 12.1. The van der Waals surface area contributed by atoms with Gasteiger partial charge in [0.15, 0.2) is 0 Å². The molecule has 2 aromatic carbocycles. The molecule has 4 nitrogen and oxygen atoms in total. The van der Waals surface area contributed by atoms with Gasteiger partial charge in [0.25, 0.3) is 5.91 Å². The Hall–Kier alpha value is -1.88. The predicted molar refractivity (Wildman–Crippen MR) is 100.0 cm³/mol. The zero-order chi connectivity index (χ0) is 17.5. The molecule has 132 valence electrons. The maximum atomic E-state index is 12.1. The van der Waals surface area contributed by atoms with Gasteiger partial charge in [0.05, 0.1) is 23.3 Å². The highest BCUT2D eigenvalue weighted by molar-refractivity contribution is 6.33. The standard InChI is InChI=1S/C20H23ClN2O2/c21-18-10-5-4-9-17(18)20(24)22-11-6-12-23-13-14-25-19(15-23)16-7-2-1-3-8-16/h1-5,7-10,19H,6,11-15H2,(H,22,24)/t19-/m1/s1. The highest BCUT2D eigenvalue weighted by Gasteiger charge is 2.21. The second kappa shape index (κ2) is 8.99. The molecule has 0 saturated carbocycles. The second-order valence-corrected chi connectivity index (χ2v) is 6.57. The van der Waals surface area contributed by atoms with E-state index in [1.54, 1.807) is 12.1 Å². The van der Waals surface area contributed by atoms with Crippen LogP contribution in [0.4, 0.5) is 0 Å². The Morgan fingerprint density at radius 1 is 1.16 bits per heavy atom. The van der Waals surface area contributed by atoms with Crippen molar-refractivity contribution in [3.63, 3.8) is 0 Å². The Kier molecular flexibility index (Phi) is 6.45. The van der Waals surface area contributed by atoms with E-state index in [4.69, 9.17) is 16.3 Å². The second-order valence-electron chi connectivity index (χ2n) is 6.16. The molecule has 1 saturated heterocycles. The number of nitrogens with zero attached hydrogens (tertiary/aromatic N) is 1. The lowest BCUT2D eigenvalue weighted by Crippen LogP contribution is -2.39. The van der Waals surface area contributed by atoms with E-state index in [0.29, 0.717) is 17.1 Å². The average Bonchev–Trinajstić information content (AvgIpc) is 2.66. The van der Waals surface area contributed by atoms with Gasteiger partial charge >= 0.3 is 0 Å². The number of ether oxygens (including phenoxy) is 1. The first-order chi connectivity index (χ1) is 12.2. The number of carbonyl (C=O) groups excluding carboxylic acids is 1. The first-order valence-corrected chi connectivity index (χ1v) is 9.03. The fourth-order valence-electron chi connectivity index (χ4n) is 3.02. The van der Waals surface area contributed by atoms with Crippen molar-refractivity contribution < 1.29 is 9.53 Å². The van der Waals surface area contributed by atoms with E-state index in [1.165, 1.54) is 5.56 Å². The predicted octanol–water partition coefficient (Wildman–Crippen LogP) is 3.53. The molecule has 0 radical (unpaired) electrons. The lowest BCUT2D eigenvalue weighted by molar-refractivity contribution is -0.0301. The van der Waals surface area contributed by atoms with Crippen LogP contribution in [0.25, 0.3) is 0 Å². The Morgan fingerprint density at radius 2 is 1.92 bits per heavy atom. The molecular formula is C20H23ClN2O2. The van der Waals surface area contributed by atoms with Gasteiger partial charge in [-0.1, -0.05) is 54.1 Å². The van der Waals surface area contributed by atoms with Crippen LogP contribution < -0.4 is 5.32 Å². The molecular weight excluding hydrogens is 336 g/mol. The number of halogens is 1. The number of carbonyl (C=O) groups is 1. The van der Waals surface area contributed by atoms with Gasteiger partial charge in [0.2, 0.25) is 0 Å². The molecule has 0 bridgehead atoms. The highest BCUT2D eigenvalue weighted by atomic mass is 35.5. The quantitative estimate of drug-likeness (QED) is 0.803. The van der Waals surface area contributed by atoms with E-state index in [2.05, 4.69) is 22.3 Å². The van der Waals surface area contributed by atoms with Gasteiger partial charge in [-0.2, -0.15) is 0 Å². The van der Waals surface area contributed by atoms with Crippen molar-refractivity contribution in [2.45, 2.75) is 12.5 Å². The van der Waals surface area contributed by atoms with Crippen LogP contribution in [-0.4, -0.2) is 43.6 Å². The smallest absolute Gasteiger partial charge is 0.252 e. The van der Waals surface area contributed by atoms with Gasteiger partial charge in [-0.05, 0) is 24.1 Å². The number of benzene rings is 2. The van der Waals surface area contributed by atoms with Crippen LogP contribution in [0, 0.1) is 0 Å². The number of nitrogens with one attached hydrogen (secondary N) is 1. The summed E-state index contributed by atoms with van der Waals surface area (Å²) in [5.74, 6) is -0.116. The molecule has 1 N–H and O–H groups in total. The molecule has 0 spiro atoms. The van der Waals surface area contributed by atoms with Gasteiger partial charge in [-0.25, -0.2) is 0 Å². The Balaban J connectivity index is 1.42. The highest BCUT2D eigenvalue weighted by Crippen LogP contribution is 2.21. The van der Waals surface area contributed by atoms with Crippen LogP contribution in [0.1, 0.15) is 28.4 Å². The van der Waals surface area contributed by atoms with Crippen LogP contribution >= 0.6 is 11.6 Å². The summed E-state index contributed by atoms with van der Waals surface area (Å²) in [4.78, 5) is 14.5. The van der Waals surface area contributed by atoms with Gasteiger partial charge < -0.3 is 10.1 Å². The lowest BCUT2D eigenvalue weighted by Gasteiger charge is -2.33. The van der Waals surface area contributed by atoms with E-state index in [0.717, 1.165) is 32.7 Å². The molecule has 1 aliphatic heterocycles. The molecule has 0 unspecified atom stereocenters. The number of morpholine rings is 1. The summed E-state index contributed by atoms with van der Waals surface area (Å²) in [6, 6.07) is 17.4. The Labute approximate surface area is 153 Å². The van der Waals surface area contributed by atoms with Gasteiger partial charge in [-0.3, -0.25) is 9.69 Å². The van der Waals surface area contributed by atoms with Crippen LogP contribution in [0.3, 0.4) is 0 Å². The minimum absolute atomic E-state index is 0.116. The van der Waals surface area contributed by atoms with Crippen LogP contribution in [0.5, 0.6) is 0 Å². The summed E-state index contributed by atoms with van der Waals surface area (Å²) in [5.41, 5.74) is 1.75. The van der Waals surface area contributed by atoms with E-state index < -0.39 is 0 Å². The molecule has 0 aromatic heterocycles. The zero-order valence-electron chi connectivity index (χ0n) is 14.2. The fraction of sp³-hybridized carbons (Fsp3) is 0.350. The summed E-state index contributed by atoms with van der Waals surface area (Å²) in [6.07, 6.45) is 1.03. The number of rotatable bonds is 6. The first kappa shape index (κ1) is 17.9. The number of hydrogen-bond donors (Lipinski definition) is 1. The summed E-state index contributed by atoms with van der Waals surface area (Å²) < 4.78 is 5.88. The van der Waals surface area contributed by atoms with Gasteiger partial charge in [0, 0.05) is 26.2 Å². The normalized spacial score (nSPS) is 18.0. The molecule has 3 rings (SSSR count). The molecule has 1 amide bonds. The van der Waals surface area contributed by atoms with Crippen LogP contribution in [0.15, 0.2) is 54.6 Å². The number of amides is 1. The monoisotopic (exact) mass is 358 g/mol. The fourth-order valence-corrected chi connectivity index (χ4v) is 3.24. The van der Waals surface area contributed by atoms with Gasteiger partial charge in [0.1, 0.15) is 0 Å². The average molecular weight is 359 g/mol. The maximum Gasteiger partial charge on any atom is 0.252 e. The molecule has 1 atom stereocenters. The first-order valence-electron chi connectivity index (χ1n) is 8.65. The summed E-state index contributed by atoms with van der Waals surface area (Å²) >= 11 is 6.04. The van der Waals surface area contributed by atoms with E-state index in [-0.39, 0.29) is 12.0 Å². The molecule has 0 aliphatic carbocycles. The summed E-state index contributed by atoms with van der Waals surface area (Å²) in [7, 11) is 0. The molecule has 1 heterocycles. The lowest BCUT2D eigenvalue weighted by atomic mass is 10.1. The summed E-state index contributed by atoms with van der Waals surface area (Å²) in [6.45, 7) is 4.14. The topological polar surface area (TPSA) is 41.6 Å². The molecule has 1 fully saturated rings. The third-order valence-electron chi connectivity index (χ3n) is 4.38. The molecule has 5 heteroatoms. The van der Waals surface area contributed by atoms with Crippen LogP contribution in [-0.2, 0) is 4.74 Å². The Morgan fingerprint density at radius 3 is 2.72 bits per heavy atom. The third kappa shape index (κ3) is 5.05. The minimum atomic E-state index is -0.116. The Bertz CT molecular complexity index is 693. The molecule has 1 aliphatic rings. The molecule has 2 aromatic rings. The van der Waals surface area contributed by atoms with Crippen molar-refractivity contribution in [1.82, 2.24) is 10.2 Å². The van der Waals surface area contributed by atoms with Crippen molar-refractivity contribution in [2.24, 2.45) is 0 Å². The minimum Gasteiger partial charge on any atom is -0.371 e. The van der Waals surface area contributed by atoms with Crippen molar-refractivity contribution in [3.8, 4) is 0 Å². The van der Waals surface area contributed by atoms with Crippen molar-refractivity contribution >= 4 is 17.5 Å². The van der Waals surface area contributed by atoms with Crippen LogP contribution in [0.2, 0.25) is 5.02 Å². The third-order valence-corrected chi connectivity index (χ3v) is 4.71.